The highest BCUT2D eigenvalue weighted by molar-refractivity contribution is 7.00. The fourth-order valence-corrected chi connectivity index (χ4v) is 13.8. The topological polar surface area (TPSA) is 19.6 Å². The van der Waals surface area contributed by atoms with Gasteiger partial charge in [-0.05, 0) is 193 Å². The van der Waals surface area contributed by atoms with Crippen LogP contribution in [0.1, 0.15) is 174 Å². The van der Waals surface area contributed by atoms with E-state index in [0.29, 0.717) is 28.1 Å². The van der Waals surface area contributed by atoms with Gasteiger partial charge < -0.3 is 14.2 Å². The monoisotopic (exact) mass is 967 g/mol. The molecule has 0 amide bonds. The van der Waals surface area contributed by atoms with Gasteiger partial charge in [0.25, 0.3) is 6.71 Å². The predicted molar refractivity (Wildman–Crippen MR) is 312 cm³/mol. The van der Waals surface area contributed by atoms with Crippen molar-refractivity contribution in [3.63, 3.8) is 0 Å². The fraction of sp³-hybridized carbons (Fsp3) is 0.362. The van der Waals surface area contributed by atoms with Crippen molar-refractivity contribution < 1.29 is 18.1 Å². The lowest BCUT2D eigenvalue weighted by molar-refractivity contribution is 0.332. The van der Waals surface area contributed by atoms with Gasteiger partial charge in [-0.3, -0.25) is 0 Å². The first-order valence-corrected chi connectivity index (χ1v) is 26.7. The smallest absolute Gasteiger partial charge is 0.297 e. The predicted octanol–water partition coefficient (Wildman–Crippen LogP) is 17.2. The van der Waals surface area contributed by atoms with E-state index in [2.05, 4.69) is 154 Å². The fourth-order valence-electron chi connectivity index (χ4n) is 13.8. The minimum atomic E-state index is -0.519. The van der Waals surface area contributed by atoms with Crippen LogP contribution in [0.4, 0.5) is 34.1 Å². The van der Waals surface area contributed by atoms with Gasteiger partial charge in [0.1, 0.15) is 5.58 Å². The number of hydrogen-bond donors (Lipinski definition) is 0. The van der Waals surface area contributed by atoms with Crippen molar-refractivity contribution in [1.29, 1.82) is 0 Å². The molecule has 5 aliphatic rings. The van der Waals surface area contributed by atoms with Gasteiger partial charge in [-0.25, -0.2) is 0 Å². The Morgan fingerprint density at radius 1 is 0.452 bits per heavy atom. The molecule has 2 aliphatic heterocycles. The third kappa shape index (κ3) is 6.90. The second kappa shape index (κ2) is 15.4. The summed E-state index contributed by atoms with van der Waals surface area (Å²) in [5, 5.41) is 0.849. The van der Waals surface area contributed by atoms with Gasteiger partial charge in [-0.1, -0.05) is 168 Å². The SMILES string of the molecule is [2H]c1c([2H])c([2H])c(-c2ccc(-c3c([2H])c([2H])c([2H])c([2H])c3[2H])c(N3c4cc(C)cc5c4B(c4cc6c(cc4N5c4ccc5c(c4)C(C)(C)CCC5(C)C)C(C)(C)CCC6(C)C)c4oc5cc6c(cc5c43)C(C)(C)CCC6(C)C)c2)c([2H])c1[2H]. The molecule has 3 aliphatic carbocycles. The standard InChI is InChI=1S/C69H73BN2O/c1-42-34-58-61-59(35-42)72(56-36-45(43-20-16-14-17-21-43)24-26-47(56)44-22-18-15-19-23-44)62-48-38-51-54(69(12,13)33-30-66(51,6)7)41-60(48)73-63(62)70(61)55-39-52-53(68(10,11)32-31-67(52,8)9)40-57(55)71(58)46-25-27-49-50(37-46)65(4,5)29-28-64(49,2)3/h14-27,34-41H,28-33H2,1-13H3/i14D,15D,16D,17D,18D,19D,20D,21D,22D,23D. The largest absolute Gasteiger partial charge is 0.468 e. The lowest BCUT2D eigenvalue weighted by atomic mass is 9.35. The third-order valence-corrected chi connectivity index (χ3v) is 18.6. The van der Waals surface area contributed by atoms with Crippen LogP contribution in [0.3, 0.4) is 0 Å². The summed E-state index contributed by atoms with van der Waals surface area (Å²) in [5.74, 6) is 0. The number of anilines is 6. The van der Waals surface area contributed by atoms with Gasteiger partial charge in [-0.2, -0.15) is 0 Å². The Morgan fingerprint density at radius 3 is 1.56 bits per heavy atom. The molecule has 3 nitrogen and oxygen atoms in total. The number of nitrogens with zero attached hydrogens (tertiary/aromatic N) is 2. The second-order valence-corrected chi connectivity index (χ2v) is 26.3. The van der Waals surface area contributed by atoms with Gasteiger partial charge >= 0.3 is 0 Å². The molecular formula is C69H73BN2O. The Labute approximate surface area is 450 Å². The Morgan fingerprint density at radius 2 is 0.959 bits per heavy atom. The number of fused-ring (bicyclic) bond motifs is 9. The van der Waals surface area contributed by atoms with Crippen LogP contribution in [-0.2, 0) is 32.5 Å². The van der Waals surface area contributed by atoms with Crippen molar-refractivity contribution in [2.24, 2.45) is 0 Å². The highest BCUT2D eigenvalue weighted by Crippen LogP contribution is 2.56. The second-order valence-electron chi connectivity index (χ2n) is 26.3. The van der Waals surface area contributed by atoms with Gasteiger partial charge in [0.05, 0.1) is 30.7 Å². The van der Waals surface area contributed by atoms with E-state index in [1.165, 1.54) is 33.4 Å². The minimum absolute atomic E-state index is 0.0183. The third-order valence-electron chi connectivity index (χ3n) is 18.6. The summed E-state index contributed by atoms with van der Waals surface area (Å²) in [6.07, 6.45) is 6.14. The average Bonchev–Trinajstić information content (AvgIpc) is 1.82. The quantitative estimate of drug-likeness (QED) is 0.164. The molecule has 0 N–H and O–H groups in total. The highest BCUT2D eigenvalue weighted by atomic mass is 16.3. The van der Waals surface area contributed by atoms with Crippen LogP contribution in [0, 0.1) is 6.92 Å². The van der Waals surface area contributed by atoms with Crippen molar-refractivity contribution in [2.75, 3.05) is 9.80 Å². The zero-order valence-electron chi connectivity index (χ0n) is 55.1. The van der Waals surface area contributed by atoms with Crippen LogP contribution in [0.15, 0.2) is 138 Å². The first kappa shape index (κ1) is 36.6. The molecule has 73 heavy (non-hydrogen) atoms. The van der Waals surface area contributed by atoms with Gasteiger partial charge in [0.15, 0.2) is 0 Å². The summed E-state index contributed by atoms with van der Waals surface area (Å²) in [6, 6.07) is 21.7. The lowest BCUT2D eigenvalue weighted by Gasteiger charge is -2.47. The van der Waals surface area contributed by atoms with Crippen molar-refractivity contribution in [1.82, 2.24) is 0 Å². The van der Waals surface area contributed by atoms with E-state index in [-0.39, 0.29) is 55.7 Å². The molecule has 0 saturated carbocycles. The number of rotatable bonds is 4. The number of furan rings is 1. The van der Waals surface area contributed by atoms with E-state index in [9.17, 15) is 5.48 Å². The van der Waals surface area contributed by atoms with E-state index in [1.54, 1.807) is 18.2 Å². The van der Waals surface area contributed by atoms with Crippen molar-refractivity contribution >= 4 is 68.4 Å². The van der Waals surface area contributed by atoms with Gasteiger partial charge in [0, 0.05) is 33.7 Å². The summed E-state index contributed by atoms with van der Waals surface area (Å²) in [5.41, 5.74) is 17.0. The molecule has 0 fully saturated rings. The van der Waals surface area contributed by atoms with Crippen LogP contribution in [0.5, 0.6) is 0 Å². The zero-order chi connectivity index (χ0) is 59.6. The maximum Gasteiger partial charge on any atom is 0.297 e. The van der Waals surface area contributed by atoms with Crippen molar-refractivity contribution in [3.05, 3.63) is 172 Å². The van der Waals surface area contributed by atoms with Crippen LogP contribution >= 0.6 is 0 Å². The lowest BCUT2D eigenvalue weighted by Crippen LogP contribution is -2.61. The maximum absolute atomic E-state index is 9.58. The van der Waals surface area contributed by atoms with Crippen LogP contribution in [-0.4, -0.2) is 6.71 Å². The van der Waals surface area contributed by atoms with Gasteiger partial charge in [0.2, 0.25) is 0 Å². The Hall–Kier alpha value is -6.26. The summed E-state index contributed by atoms with van der Waals surface area (Å²) in [7, 11) is 0. The van der Waals surface area contributed by atoms with E-state index in [1.807, 2.05) is 0 Å². The Balaban J connectivity index is 1.22. The summed E-state index contributed by atoms with van der Waals surface area (Å²) in [4.78, 5) is 4.63. The van der Waals surface area contributed by atoms with Crippen LogP contribution < -0.4 is 26.4 Å². The normalized spacial score (nSPS) is 21.7. The minimum Gasteiger partial charge on any atom is -0.468 e. The number of aryl methyl sites for hydroxylation is 1. The summed E-state index contributed by atoms with van der Waals surface area (Å²) < 4.78 is 98.5. The number of benzene rings is 7. The molecule has 0 radical (unpaired) electrons. The molecule has 13 rings (SSSR count). The number of hydrogen-bond acceptors (Lipinski definition) is 3. The Kier molecular flexibility index (Phi) is 7.73. The highest BCUT2D eigenvalue weighted by Gasteiger charge is 2.50. The van der Waals surface area contributed by atoms with Crippen molar-refractivity contribution in [3.8, 4) is 22.3 Å². The molecule has 368 valence electrons. The van der Waals surface area contributed by atoms with Gasteiger partial charge in [-0.15, -0.1) is 0 Å². The van der Waals surface area contributed by atoms with Crippen LogP contribution in [0.25, 0.3) is 33.2 Å². The first-order valence-electron chi connectivity index (χ1n) is 31.7. The van der Waals surface area contributed by atoms with E-state index < -0.39 is 55.1 Å². The average molecular weight is 967 g/mol. The van der Waals surface area contributed by atoms with Crippen LogP contribution in [0.2, 0.25) is 0 Å². The van der Waals surface area contributed by atoms with E-state index >= 15 is 0 Å². The molecular weight excluding hydrogens is 884 g/mol. The molecule has 0 atom stereocenters. The molecule has 1 aromatic heterocycles. The molecule has 3 heterocycles. The van der Waals surface area contributed by atoms with E-state index in [0.717, 1.165) is 88.8 Å². The Bertz CT molecular complexity index is 4170. The maximum atomic E-state index is 9.58. The molecule has 0 saturated heterocycles. The molecule has 7 aromatic carbocycles. The summed E-state index contributed by atoms with van der Waals surface area (Å²) in [6.45, 7) is 29.8. The molecule has 4 heteroatoms. The molecule has 8 aromatic rings. The first-order chi connectivity index (χ1) is 38.7. The van der Waals surface area contributed by atoms with E-state index in [4.69, 9.17) is 12.6 Å². The molecule has 0 bridgehead atoms. The summed E-state index contributed by atoms with van der Waals surface area (Å²) >= 11 is 0. The van der Waals surface area contributed by atoms with Crippen molar-refractivity contribution in [2.45, 2.75) is 161 Å². The molecule has 0 unspecified atom stereocenters. The zero-order valence-corrected chi connectivity index (χ0v) is 45.1. The molecule has 0 spiro atoms.